The second kappa shape index (κ2) is 6.75. The maximum Gasteiger partial charge on any atom is 0.333 e. The summed E-state index contributed by atoms with van der Waals surface area (Å²) in [5.41, 5.74) is 0. The fourth-order valence-electron chi connectivity index (χ4n) is 0.922. The van der Waals surface area contributed by atoms with E-state index in [0.29, 0.717) is 0 Å². The number of carboxylic acid groups (broad SMARTS) is 3. The molecule has 0 saturated carbocycles. The summed E-state index contributed by atoms with van der Waals surface area (Å²) in [5, 5.41) is 36.4. The summed E-state index contributed by atoms with van der Waals surface area (Å²) < 4.78 is 0. The Bertz CT molecular complexity index is 278. The molecule has 0 aromatic carbocycles. The van der Waals surface area contributed by atoms with Crippen LogP contribution in [0.2, 0.25) is 0 Å². The highest BCUT2D eigenvalue weighted by molar-refractivity contribution is 5.75. The molecule has 0 rings (SSSR count). The predicted octanol–water partition coefficient (Wildman–Crippen LogP) is -1.66. The lowest BCUT2D eigenvalue weighted by Crippen LogP contribution is -2.43. The van der Waals surface area contributed by atoms with Crippen LogP contribution in [0.15, 0.2) is 0 Å². The third kappa shape index (κ3) is 5.94. The summed E-state index contributed by atoms with van der Waals surface area (Å²) in [6.45, 7) is -0.452. The number of aliphatic carboxylic acids is 3. The molecule has 0 fully saturated rings. The molecule has 0 amide bonds. The van der Waals surface area contributed by atoms with Gasteiger partial charge in [-0.05, 0) is 6.42 Å². The Morgan fingerprint density at radius 3 is 2.00 bits per heavy atom. The summed E-state index contributed by atoms with van der Waals surface area (Å²) >= 11 is 0. The third-order valence-electron chi connectivity index (χ3n) is 1.79. The van der Waals surface area contributed by atoms with E-state index in [1.165, 1.54) is 0 Å². The summed E-state index contributed by atoms with van der Waals surface area (Å²) in [7, 11) is 0. The Labute approximate surface area is 90.5 Å². The van der Waals surface area contributed by atoms with E-state index in [9.17, 15) is 14.4 Å². The summed E-state index contributed by atoms with van der Waals surface area (Å²) in [6.07, 6.45) is -2.25. The standard InChI is InChI=1S/C8H13NO7/c10-5(8(15)16)3-9-4(7(13)14)1-2-6(11)12/h4-5,9-10H,1-3H2,(H,11,12)(H,13,14)(H,15,16)/t4-,5?/m0/s1. The maximum atomic E-state index is 10.6. The fourth-order valence-corrected chi connectivity index (χ4v) is 0.922. The van der Waals surface area contributed by atoms with Gasteiger partial charge in [0.2, 0.25) is 0 Å². The first-order chi connectivity index (χ1) is 7.34. The summed E-state index contributed by atoms with van der Waals surface area (Å²) in [6, 6.07) is -1.19. The lowest BCUT2D eigenvalue weighted by Gasteiger charge is -2.14. The third-order valence-corrected chi connectivity index (χ3v) is 1.79. The number of aliphatic hydroxyl groups is 1. The van der Waals surface area contributed by atoms with Crippen LogP contribution < -0.4 is 5.32 Å². The largest absolute Gasteiger partial charge is 0.481 e. The van der Waals surface area contributed by atoms with Crippen molar-refractivity contribution in [1.29, 1.82) is 0 Å². The number of carbonyl (C=O) groups is 3. The van der Waals surface area contributed by atoms with Gasteiger partial charge in [0, 0.05) is 13.0 Å². The van der Waals surface area contributed by atoms with Crippen LogP contribution in [0.25, 0.3) is 0 Å². The first-order valence-electron chi connectivity index (χ1n) is 4.43. The van der Waals surface area contributed by atoms with Gasteiger partial charge < -0.3 is 25.7 Å². The van der Waals surface area contributed by atoms with Crippen molar-refractivity contribution >= 4 is 17.9 Å². The molecule has 0 saturated heterocycles. The zero-order valence-electron chi connectivity index (χ0n) is 8.29. The second-order valence-electron chi connectivity index (χ2n) is 3.09. The van der Waals surface area contributed by atoms with Gasteiger partial charge in [0.1, 0.15) is 6.04 Å². The molecule has 0 spiro atoms. The zero-order chi connectivity index (χ0) is 12.7. The van der Waals surface area contributed by atoms with Crippen molar-refractivity contribution < 1.29 is 34.8 Å². The van der Waals surface area contributed by atoms with Crippen molar-refractivity contribution in [3.05, 3.63) is 0 Å². The molecule has 5 N–H and O–H groups in total. The number of hydrogen-bond acceptors (Lipinski definition) is 5. The molecular formula is C8H13NO7. The SMILES string of the molecule is O=C(O)CC[C@H](NCC(O)C(=O)O)C(=O)O. The molecule has 8 nitrogen and oxygen atoms in total. The van der Waals surface area contributed by atoms with Crippen molar-refractivity contribution in [2.45, 2.75) is 25.0 Å². The molecule has 0 aliphatic rings. The first kappa shape index (κ1) is 14.3. The van der Waals surface area contributed by atoms with Gasteiger partial charge in [-0.2, -0.15) is 0 Å². The zero-order valence-corrected chi connectivity index (χ0v) is 8.29. The molecule has 0 aromatic rings. The molecule has 1 unspecified atom stereocenters. The predicted molar refractivity (Wildman–Crippen MR) is 49.9 cm³/mol. The lowest BCUT2D eigenvalue weighted by atomic mass is 10.1. The minimum Gasteiger partial charge on any atom is -0.481 e. The quantitative estimate of drug-likeness (QED) is 0.336. The Morgan fingerprint density at radius 2 is 1.62 bits per heavy atom. The highest BCUT2D eigenvalue weighted by Crippen LogP contribution is 1.98. The Hall–Kier alpha value is -1.67. The highest BCUT2D eigenvalue weighted by atomic mass is 16.4. The number of carboxylic acids is 3. The number of hydrogen-bond donors (Lipinski definition) is 5. The van der Waals surface area contributed by atoms with Crippen molar-refractivity contribution in [3.8, 4) is 0 Å². The fraction of sp³-hybridized carbons (Fsp3) is 0.625. The van der Waals surface area contributed by atoms with Crippen molar-refractivity contribution in [2.75, 3.05) is 6.54 Å². The molecule has 0 radical (unpaired) electrons. The van der Waals surface area contributed by atoms with Gasteiger partial charge in [-0.15, -0.1) is 0 Å². The monoisotopic (exact) mass is 235 g/mol. The number of aliphatic hydroxyl groups excluding tert-OH is 1. The minimum absolute atomic E-state index is 0.184. The average Bonchev–Trinajstić information content (AvgIpc) is 2.15. The van der Waals surface area contributed by atoms with Crippen LogP contribution in [-0.2, 0) is 14.4 Å². The van der Waals surface area contributed by atoms with Gasteiger partial charge in [-0.1, -0.05) is 0 Å². The molecule has 8 heteroatoms. The molecule has 92 valence electrons. The molecule has 0 heterocycles. The van der Waals surface area contributed by atoms with Gasteiger partial charge >= 0.3 is 17.9 Å². The first-order valence-corrected chi connectivity index (χ1v) is 4.43. The average molecular weight is 235 g/mol. The van der Waals surface area contributed by atoms with Crippen LogP contribution in [0.3, 0.4) is 0 Å². The maximum absolute atomic E-state index is 10.6. The molecule has 0 aliphatic carbocycles. The molecule has 0 aliphatic heterocycles. The van der Waals surface area contributed by atoms with Gasteiger partial charge in [0.15, 0.2) is 6.10 Å². The molecular weight excluding hydrogens is 222 g/mol. The minimum atomic E-state index is -1.72. The van der Waals surface area contributed by atoms with Gasteiger partial charge in [-0.25, -0.2) is 4.79 Å². The van der Waals surface area contributed by atoms with E-state index in [1.54, 1.807) is 0 Å². The van der Waals surface area contributed by atoms with Gasteiger partial charge in [0.05, 0.1) is 0 Å². The van der Waals surface area contributed by atoms with E-state index in [2.05, 4.69) is 5.32 Å². The Kier molecular flexibility index (Phi) is 6.04. The highest BCUT2D eigenvalue weighted by Gasteiger charge is 2.21. The topological polar surface area (TPSA) is 144 Å². The van der Waals surface area contributed by atoms with Crippen LogP contribution in [0.4, 0.5) is 0 Å². The Balaban J connectivity index is 4.09. The van der Waals surface area contributed by atoms with Crippen LogP contribution >= 0.6 is 0 Å². The van der Waals surface area contributed by atoms with Gasteiger partial charge in [-0.3, -0.25) is 9.59 Å². The summed E-state index contributed by atoms with van der Waals surface area (Å²) in [5.74, 6) is -3.92. The van der Waals surface area contributed by atoms with E-state index in [-0.39, 0.29) is 12.8 Å². The smallest absolute Gasteiger partial charge is 0.333 e. The van der Waals surface area contributed by atoms with Gasteiger partial charge in [0.25, 0.3) is 0 Å². The van der Waals surface area contributed by atoms with E-state index in [1.807, 2.05) is 0 Å². The van der Waals surface area contributed by atoms with Crippen LogP contribution in [0.5, 0.6) is 0 Å². The van der Waals surface area contributed by atoms with E-state index >= 15 is 0 Å². The van der Waals surface area contributed by atoms with Crippen molar-refractivity contribution in [3.63, 3.8) is 0 Å². The molecule has 0 aromatic heterocycles. The normalized spacial score (nSPS) is 14.1. The van der Waals surface area contributed by atoms with E-state index in [0.717, 1.165) is 0 Å². The lowest BCUT2D eigenvalue weighted by molar-refractivity contribution is -0.148. The second-order valence-corrected chi connectivity index (χ2v) is 3.09. The van der Waals surface area contributed by atoms with Crippen LogP contribution in [0.1, 0.15) is 12.8 Å². The van der Waals surface area contributed by atoms with Crippen molar-refractivity contribution in [1.82, 2.24) is 5.32 Å². The molecule has 16 heavy (non-hydrogen) atoms. The van der Waals surface area contributed by atoms with Crippen LogP contribution in [-0.4, -0.2) is 57.0 Å². The molecule has 2 atom stereocenters. The van der Waals surface area contributed by atoms with Crippen molar-refractivity contribution in [2.24, 2.45) is 0 Å². The van der Waals surface area contributed by atoms with E-state index in [4.69, 9.17) is 20.4 Å². The Morgan fingerprint density at radius 1 is 1.06 bits per heavy atom. The number of nitrogens with one attached hydrogen (secondary N) is 1. The molecule has 0 bridgehead atoms. The van der Waals surface area contributed by atoms with Crippen LogP contribution in [0, 0.1) is 0 Å². The summed E-state index contributed by atoms with van der Waals surface area (Å²) in [4.78, 5) is 31.0. The number of rotatable bonds is 8. The van der Waals surface area contributed by atoms with E-state index < -0.39 is 36.6 Å².